The third-order valence-electron chi connectivity index (χ3n) is 2.70. The molecule has 0 saturated heterocycles. The van der Waals surface area contributed by atoms with E-state index in [9.17, 15) is 5.11 Å². The highest BCUT2D eigenvalue weighted by atomic mass is 16.5. The summed E-state index contributed by atoms with van der Waals surface area (Å²) in [5, 5.41) is 21.2. The average Bonchev–Trinajstić information content (AvgIpc) is 2.43. The number of methoxy groups -OCH3 is 1. The lowest BCUT2D eigenvalue weighted by molar-refractivity contribution is 0.0630. The lowest BCUT2D eigenvalue weighted by atomic mass is 10.1. The maximum absolute atomic E-state index is 9.55. The van der Waals surface area contributed by atoms with Crippen molar-refractivity contribution in [1.29, 1.82) is 5.26 Å². The molecule has 0 bridgehead atoms. The molecule has 0 aliphatic heterocycles. The van der Waals surface area contributed by atoms with E-state index >= 15 is 0 Å². The summed E-state index contributed by atoms with van der Waals surface area (Å²) < 4.78 is 10.0. The SMILES string of the molecule is COCC(O)CNC(C)c1ccc(OCC#N)cc1. The Labute approximate surface area is 113 Å². The van der Waals surface area contributed by atoms with Crippen LogP contribution >= 0.6 is 0 Å². The lowest BCUT2D eigenvalue weighted by Crippen LogP contribution is -2.31. The molecule has 0 amide bonds. The molecular formula is C14H20N2O3. The molecule has 0 heterocycles. The zero-order valence-corrected chi connectivity index (χ0v) is 11.3. The molecule has 2 unspecified atom stereocenters. The van der Waals surface area contributed by atoms with Crippen LogP contribution in [0, 0.1) is 11.3 Å². The smallest absolute Gasteiger partial charge is 0.174 e. The average molecular weight is 264 g/mol. The molecule has 0 spiro atoms. The molecule has 0 aliphatic carbocycles. The number of nitrogens with zero attached hydrogens (tertiary/aromatic N) is 1. The molecule has 104 valence electrons. The minimum absolute atomic E-state index is 0.0519. The topological polar surface area (TPSA) is 74.5 Å². The van der Waals surface area contributed by atoms with Gasteiger partial charge in [-0.15, -0.1) is 0 Å². The van der Waals surface area contributed by atoms with Gasteiger partial charge in [-0.3, -0.25) is 0 Å². The molecule has 0 fully saturated rings. The molecule has 1 aromatic carbocycles. The second-order valence-corrected chi connectivity index (χ2v) is 4.25. The van der Waals surface area contributed by atoms with E-state index in [4.69, 9.17) is 14.7 Å². The monoisotopic (exact) mass is 264 g/mol. The van der Waals surface area contributed by atoms with Crippen molar-refractivity contribution in [3.63, 3.8) is 0 Å². The van der Waals surface area contributed by atoms with Crippen LogP contribution in [0.1, 0.15) is 18.5 Å². The van der Waals surface area contributed by atoms with Crippen molar-refractivity contribution in [3.05, 3.63) is 29.8 Å². The fourth-order valence-electron chi connectivity index (χ4n) is 1.65. The largest absolute Gasteiger partial charge is 0.479 e. The number of nitriles is 1. The van der Waals surface area contributed by atoms with Crippen molar-refractivity contribution in [2.24, 2.45) is 0 Å². The maximum atomic E-state index is 9.55. The summed E-state index contributed by atoms with van der Waals surface area (Å²) in [6.45, 7) is 2.86. The number of hydrogen-bond donors (Lipinski definition) is 2. The number of ether oxygens (including phenoxy) is 2. The molecule has 5 nitrogen and oxygen atoms in total. The second kappa shape index (κ2) is 8.48. The lowest BCUT2D eigenvalue weighted by Gasteiger charge is -2.17. The maximum Gasteiger partial charge on any atom is 0.174 e. The zero-order chi connectivity index (χ0) is 14.1. The summed E-state index contributed by atoms with van der Waals surface area (Å²) in [6, 6.07) is 9.58. The van der Waals surface area contributed by atoms with Crippen LogP contribution in [0.2, 0.25) is 0 Å². The minimum atomic E-state index is -0.509. The van der Waals surface area contributed by atoms with Crippen LogP contribution in [0.15, 0.2) is 24.3 Å². The quantitative estimate of drug-likeness (QED) is 0.739. The number of aliphatic hydroxyl groups is 1. The van der Waals surface area contributed by atoms with Crippen molar-refractivity contribution >= 4 is 0 Å². The van der Waals surface area contributed by atoms with Gasteiger partial charge in [-0.1, -0.05) is 12.1 Å². The van der Waals surface area contributed by atoms with Gasteiger partial charge in [0.25, 0.3) is 0 Å². The van der Waals surface area contributed by atoms with Gasteiger partial charge in [0.15, 0.2) is 6.61 Å². The Morgan fingerprint density at radius 1 is 1.37 bits per heavy atom. The minimum Gasteiger partial charge on any atom is -0.479 e. The summed E-state index contributed by atoms with van der Waals surface area (Å²) >= 11 is 0. The van der Waals surface area contributed by atoms with Crippen LogP contribution in [-0.2, 0) is 4.74 Å². The number of hydrogen-bond acceptors (Lipinski definition) is 5. The van der Waals surface area contributed by atoms with Crippen LogP contribution in [0.4, 0.5) is 0 Å². The molecule has 19 heavy (non-hydrogen) atoms. The van der Waals surface area contributed by atoms with E-state index in [1.165, 1.54) is 0 Å². The van der Waals surface area contributed by atoms with Crippen LogP contribution in [0.25, 0.3) is 0 Å². The summed E-state index contributed by atoms with van der Waals surface area (Å²) in [7, 11) is 1.56. The number of aliphatic hydroxyl groups excluding tert-OH is 1. The van der Waals surface area contributed by atoms with E-state index in [1.54, 1.807) is 7.11 Å². The molecular weight excluding hydrogens is 244 g/mol. The molecule has 1 rings (SSSR count). The summed E-state index contributed by atoms with van der Waals surface area (Å²) in [5.74, 6) is 0.678. The van der Waals surface area contributed by atoms with Crippen molar-refractivity contribution in [1.82, 2.24) is 5.32 Å². The van der Waals surface area contributed by atoms with E-state index in [0.717, 1.165) is 5.56 Å². The van der Waals surface area contributed by atoms with Crippen molar-refractivity contribution < 1.29 is 14.6 Å². The van der Waals surface area contributed by atoms with Crippen molar-refractivity contribution in [3.8, 4) is 11.8 Å². The van der Waals surface area contributed by atoms with Crippen LogP contribution in [-0.4, -0.2) is 38.1 Å². The van der Waals surface area contributed by atoms with E-state index < -0.39 is 6.10 Å². The predicted molar refractivity (Wildman–Crippen MR) is 71.9 cm³/mol. The first-order chi connectivity index (χ1) is 9.17. The first kappa shape index (κ1) is 15.4. The van der Waals surface area contributed by atoms with Gasteiger partial charge in [-0.25, -0.2) is 0 Å². The zero-order valence-electron chi connectivity index (χ0n) is 11.3. The van der Waals surface area contributed by atoms with Crippen molar-refractivity contribution in [2.45, 2.75) is 19.1 Å². The van der Waals surface area contributed by atoms with Gasteiger partial charge >= 0.3 is 0 Å². The summed E-state index contributed by atoms with van der Waals surface area (Å²) in [5.41, 5.74) is 1.09. The van der Waals surface area contributed by atoms with E-state index in [2.05, 4.69) is 5.32 Å². The number of nitrogens with one attached hydrogen (secondary N) is 1. The Bertz CT molecular complexity index is 400. The van der Waals surface area contributed by atoms with Gasteiger partial charge in [0.05, 0.1) is 12.7 Å². The van der Waals surface area contributed by atoms with E-state index in [-0.39, 0.29) is 12.6 Å². The third-order valence-corrected chi connectivity index (χ3v) is 2.70. The first-order valence-electron chi connectivity index (χ1n) is 6.17. The second-order valence-electron chi connectivity index (χ2n) is 4.25. The van der Waals surface area contributed by atoms with Crippen LogP contribution < -0.4 is 10.1 Å². The molecule has 2 N–H and O–H groups in total. The normalized spacial score (nSPS) is 13.6. The molecule has 5 heteroatoms. The highest BCUT2D eigenvalue weighted by Crippen LogP contribution is 2.17. The van der Waals surface area contributed by atoms with Crippen LogP contribution in [0.3, 0.4) is 0 Å². The first-order valence-corrected chi connectivity index (χ1v) is 6.17. The van der Waals surface area contributed by atoms with Crippen LogP contribution in [0.5, 0.6) is 5.75 Å². The summed E-state index contributed by atoms with van der Waals surface area (Å²) in [6.07, 6.45) is -0.509. The third kappa shape index (κ3) is 5.71. The Morgan fingerprint density at radius 2 is 2.05 bits per heavy atom. The molecule has 0 aromatic heterocycles. The van der Waals surface area contributed by atoms with Gasteiger partial charge in [-0.05, 0) is 24.6 Å². The van der Waals surface area contributed by atoms with Gasteiger partial charge in [0.2, 0.25) is 0 Å². The molecule has 1 aromatic rings. The Balaban J connectivity index is 2.44. The highest BCUT2D eigenvalue weighted by Gasteiger charge is 2.08. The Hall–Kier alpha value is -1.61. The molecule has 2 atom stereocenters. The van der Waals surface area contributed by atoms with Gasteiger partial charge < -0.3 is 19.9 Å². The van der Waals surface area contributed by atoms with Gasteiger partial charge in [0.1, 0.15) is 11.8 Å². The van der Waals surface area contributed by atoms with Gasteiger partial charge in [-0.2, -0.15) is 5.26 Å². The summed E-state index contributed by atoms with van der Waals surface area (Å²) in [4.78, 5) is 0. The standard InChI is InChI=1S/C14H20N2O3/c1-11(16-9-13(17)10-18-2)12-3-5-14(6-4-12)19-8-7-15/h3-6,11,13,16-17H,8-10H2,1-2H3. The van der Waals surface area contributed by atoms with E-state index in [0.29, 0.717) is 18.9 Å². The molecule has 0 aliphatic rings. The molecule has 0 radical (unpaired) electrons. The Kier molecular flexibility index (Phi) is 6.90. The number of benzene rings is 1. The fourth-order valence-corrected chi connectivity index (χ4v) is 1.65. The predicted octanol–water partition coefficient (Wildman–Crippen LogP) is 1.25. The molecule has 0 saturated carbocycles. The van der Waals surface area contributed by atoms with Gasteiger partial charge in [0, 0.05) is 19.7 Å². The highest BCUT2D eigenvalue weighted by molar-refractivity contribution is 5.29. The Morgan fingerprint density at radius 3 is 2.63 bits per heavy atom. The van der Waals surface area contributed by atoms with E-state index in [1.807, 2.05) is 37.3 Å². The van der Waals surface area contributed by atoms with Crippen molar-refractivity contribution in [2.75, 3.05) is 26.9 Å². The number of rotatable bonds is 8. The fraction of sp³-hybridized carbons (Fsp3) is 0.500.